The molecule has 1 aliphatic carbocycles. The van der Waals surface area contributed by atoms with E-state index < -0.39 is 5.92 Å². The average Bonchev–Trinajstić information content (AvgIpc) is 2.87. The fourth-order valence-electron chi connectivity index (χ4n) is 3.29. The van der Waals surface area contributed by atoms with Crippen LogP contribution in [0.25, 0.3) is 11.1 Å². The van der Waals surface area contributed by atoms with E-state index in [0.29, 0.717) is 21.7 Å². The molecule has 0 saturated heterocycles. The summed E-state index contributed by atoms with van der Waals surface area (Å²) < 4.78 is 0.781. The Morgan fingerprint density at radius 2 is 1.44 bits per heavy atom. The summed E-state index contributed by atoms with van der Waals surface area (Å²) in [5.41, 5.74) is 3.33. The van der Waals surface area contributed by atoms with E-state index in [1.54, 1.807) is 30.3 Å². The van der Waals surface area contributed by atoms with E-state index >= 15 is 0 Å². The third-order valence-electron chi connectivity index (χ3n) is 4.43. The van der Waals surface area contributed by atoms with Crippen molar-refractivity contribution in [1.82, 2.24) is 0 Å². The van der Waals surface area contributed by atoms with E-state index in [2.05, 4.69) is 15.9 Å². The summed E-state index contributed by atoms with van der Waals surface area (Å²) in [5, 5.41) is 0.576. The number of carbonyl (C=O) groups excluding carboxylic acids is 2. The lowest BCUT2D eigenvalue weighted by molar-refractivity contribution is 0.0890. The molecule has 122 valence electrons. The maximum Gasteiger partial charge on any atom is 0.179 e. The molecule has 4 rings (SSSR count). The second-order valence-corrected chi connectivity index (χ2v) is 7.31. The second kappa shape index (κ2) is 6.25. The van der Waals surface area contributed by atoms with Gasteiger partial charge in [-0.05, 0) is 41.0 Å². The molecule has 3 aromatic carbocycles. The minimum atomic E-state index is -0.802. The van der Waals surface area contributed by atoms with E-state index in [0.717, 1.165) is 15.6 Å². The highest BCUT2D eigenvalue weighted by Gasteiger charge is 2.41. The van der Waals surface area contributed by atoms with Crippen LogP contribution in [0.5, 0.6) is 0 Å². The van der Waals surface area contributed by atoms with Crippen molar-refractivity contribution < 1.29 is 9.59 Å². The Morgan fingerprint density at radius 3 is 2.12 bits per heavy atom. The molecule has 0 amide bonds. The molecule has 0 bridgehead atoms. The van der Waals surface area contributed by atoms with E-state index in [1.165, 1.54) is 0 Å². The number of carbonyl (C=O) groups is 2. The Kier molecular flexibility index (Phi) is 4.06. The molecule has 4 heteroatoms. The van der Waals surface area contributed by atoms with Crippen molar-refractivity contribution in [1.29, 1.82) is 0 Å². The van der Waals surface area contributed by atoms with Gasteiger partial charge in [0.2, 0.25) is 0 Å². The van der Waals surface area contributed by atoms with Crippen LogP contribution in [0.3, 0.4) is 0 Å². The molecule has 0 heterocycles. The van der Waals surface area contributed by atoms with E-state index in [-0.39, 0.29) is 11.6 Å². The van der Waals surface area contributed by atoms with Crippen molar-refractivity contribution in [3.05, 3.63) is 92.9 Å². The number of fused-ring (bicyclic) bond motifs is 1. The molecule has 0 spiro atoms. The van der Waals surface area contributed by atoms with Crippen molar-refractivity contribution >= 4 is 39.1 Å². The van der Waals surface area contributed by atoms with E-state index in [4.69, 9.17) is 11.6 Å². The Balaban J connectivity index is 1.90. The van der Waals surface area contributed by atoms with Crippen molar-refractivity contribution in [2.24, 2.45) is 0 Å². The van der Waals surface area contributed by atoms with Crippen LogP contribution < -0.4 is 0 Å². The molecule has 0 saturated carbocycles. The Bertz CT molecular complexity index is 994. The first-order chi connectivity index (χ1) is 12.1. The summed E-state index contributed by atoms with van der Waals surface area (Å²) in [6.07, 6.45) is 0. The summed E-state index contributed by atoms with van der Waals surface area (Å²) in [6.45, 7) is 0. The molecular weight excluding hydrogens is 400 g/mol. The zero-order valence-electron chi connectivity index (χ0n) is 13.0. The standard InChI is InChI=1S/C21H12BrClO2/c22-14-10-16(12-4-2-1-3-5-12)19-17(11-14)20(24)18(21(19)25)13-6-8-15(23)9-7-13/h1-11,18H. The minimum Gasteiger partial charge on any atom is -0.293 e. The molecule has 2 nitrogen and oxygen atoms in total. The van der Waals surface area contributed by atoms with Crippen LogP contribution in [-0.4, -0.2) is 11.6 Å². The fourth-order valence-corrected chi connectivity index (χ4v) is 3.87. The van der Waals surface area contributed by atoms with Gasteiger partial charge in [-0.2, -0.15) is 0 Å². The topological polar surface area (TPSA) is 34.1 Å². The van der Waals surface area contributed by atoms with Gasteiger partial charge in [-0.1, -0.05) is 70.0 Å². The Hall–Kier alpha value is -2.23. The first kappa shape index (κ1) is 16.2. The highest BCUT2D eigenvalue weighted by molar-refractivity contribution is 9.10. The van der Waals surface area contributed by atoms with Crippen LogP contribution in [-0.2, 0) is 0 Å². The number of halogens is 2. The fraction of sp³-hybridized carbons (Fsp3) is 0.0476. The molecule has 1 atom stereocenters. The molecule has 1 unspecified atom stereocenters. The predicted molar refractivity (Wildman–Crippen MR) is 102 cm³/mol. The number of benzene rings is 3. The Morgan fingerprint density at radius 1 is 0.800 bits per heavy atom. The number of Topliss-reactive ketones (excluding diaryl/α,β-unsaturated/α-hetero) is 2. The molecule has 0 N–H and O–H groups in total. The summed E-state index contributed by atoms with van der Waals surface area (Å²) in [5.74, 6) is -1.13. The summed E-state index contributed by atoms with van der Waals surface area (Å²) in [4.78, 5) is 26.1. The SMILES string of the molecule is O=C1c2cc(Br)cc(-c3ccccc3)c2C(=O)C1c1ccc(Cl)cc1. The molecule has 25 heavy (non-hydrogen) atoms. The van der Waals surface area contributed by atoms with Gasteiger partial charge in [-0.25, -0.2) is 0 Å². The van der Waals surface area contributed by atoms with Crippen LogP contribution in [0.4, 0.5) is 0 Å². The predicted octanol–water partition coefficient (Wildman–Crippen LogP) is 5.93. The van der Waals surface area contributed by atoms with Crippen LogP contribution in [0.1, 0.15) is 32.2 Å². The number of hydrogen-bond acceptors (Lipinski definition) is 2. The van der Waals surface area contributed by atoms with E-state index in [1.807, 2.05) is 36.4 Å². The molecule has 0 aliphatic heterocycles. The largest absolute Gasteiger partial charge is 0.293 e. The first-order valence-electron chi connectivity index (χ1n) is 7.79. The van der Waals surface area contributed by atoms with Crippen molar-refractivity contribution in [3.63, 3.8) is 0 Å². The van der Waals surface area contributed by atoms with Crippen LogP contribution in [0.15, 0.2) is 71.2 Å². The van der Waals surface area contributed by atoms with Gasteiger partial charge in [0.05, 0.1) is 0 Å². The maximum atomic E-state index is 13.1. The number of ketones is 2. The smallest absolute Gasteiger partial charge is 0.179 e. The van der Waals surface area contributed by atoms with Crippen molar-refractivity contribution in [2.75, 3.05) is 0 Å². The lowest BCUT2D eigenvalue weighted by atomic mass is 9.93. The highest BCUT2D eigenvalue weighted by Crippen LogP contribution is 2.41. The van der Waals surface area contributed by atoms with Crippen molar-refractivity contribution in [2.45, 2.75) is 5.92 Å². The third-order valence-corrected chi connectivity index (χ3v) is 5.14. The van der Waals surface area contributed by atoms with Gasteiger partial charge in [0.25, 0.3) is 0 Å². The van der Waals surface area contributed by atoms with E-state index in [9.17, 15) is 9.59 Å². The van der Waals surface area contributed by atoms with Crippen LogP contribution in [0.2, 0.25) is 5.02 Å². The van der Waals surface area contributed by atoms with Gasteiger partial charge in [0.1, 0.15) is 5.92 Å². The highest BCUT2D eigenvalue weighted by atomic mass is 79.9. The lowest BCUT2D eigenvalue weighted by Gasteiger charge is -2.09. The first-order valence-corrected chi connectivity index (χ1v) is 8.96. The van der Waals surface area contributed by atoms with Gasteiger partial charge in [0.15, 0.2) is 11.6 Å². The molecule has 0 radical (unpaired) electrons. The number of rotatable bonds is 2. The molecule has 0 fully saturated rings. The molecule has 3 aromatic rings. The summed E-state index contributed by atoms with van der Waals surface area (Å²) in [6, 6.07) is 20.2. The minimum absolute atomic E-state index is 0.159. The lowest BCUT2D eigenvalue weighted by Crippen LogP contribution is -2.12. The molecule has 1 aliphatic rings. The van der Waals surface area contributed by atoms with Gasteiger partial charge in [-0.3, -0.25) is 9.59 Å². The van der Waals surface area contributed by atoms with Gasteiger partial charge in [0, 0.05) is 20.6 Å². The zero-order chi connectivity index (χ0) is 17.6. The summed E-state index contributed by atoms with van der Waals surface area (Å²) >= 11 is 9.40. The van der Waals surface area contributed by atoms with Gasteiger partial charge < -0.3 is 0 Å². The third kappa shape index (κ3) is 2.74. The normalized spacial score (nSPS) is 16.2. The van der Waals surface area contributed by atoms with Crippen molar-refractivity contribution in [3.8, 4) is 11.1 Å². The van der Waals surface area contributed by atoms with Crippen LogP contribution >= 0.6 is 27.5 Å². The Labute approximate surface area is 158 Å². The van der Waals surface area contributed by atoms with Crippen LogP contribution in [0, 0.1) is 0 Å². The monoisotopic (exact) mass is 410 g/mol. The average molecular weight is 412 g/mol. The molecule has 0 aromatic heterocycles. The zero-order valence-corrected chi connectivity index (χ0v) is 15.3. The van der Waals surface area contributed by atoms with Gasteiger partial charge in [-0.15, -0.1) is 0 Å². The maximum absolute atomic E-state index is 13.1. The van der Waals surface area contributed by atoms with Gasteiger partial charge >= 0.3 is 0 Å². The molecular formula is C21H12BrClO2. The second-order valence-electron chi connectivity index (χ2n) is 5.96. The summed E-state index contributed by atoms with van der Waals surface area (Å²) in [7, 11) is 0. The quantitative estimate of drug-likeness (QED) is 0.490. The number of hydrogen-bond donors (Lipinski definition) is 0.